The van der Waals surface area contributed by atoms with E-state index in [9.17, 15) is 0 Å². The number of rotatable bonds is 2. The Morgan fingerprint density at radius 1 is 1.00 bits per heavy atom. The van der Waals surface area contributed by atoms with Gasteiger partial charge in [0, 0.05) is 0 Å². The van der Waals surface area contributed by atoms with E-state index in [2.05, 4.69) is 20.8 Å². The fourth-order valence-corrected chi connectivity index (χ4v) is 2.08. The zero-order chi connectivity index (χ0) is 8.85. The van der Waals surface area contributed by atoms with Gasteiger partial charge in [-0.25, -0.2) is 0 Å². The summed E-state index contributed by atoms with van der Waals surface area (Å²) in [7, 11) is 0. The maximum Gasteiger partial charge on any atom is -0.0386 e. The van der Waals surface area contributed by atoms with Gasteiger partial charge in [-0.05, 0) is 24.2 Å². The molecule has 1 saturated carbocycles. The lowest BCUT2D eigenvalue weighted by molar-refractivity contribution is 0.0811. The predicted molar refractivity (Wildman–Crippen MR) is 52.7 cm³/mol. The molecule has 0 saturated heterocycles. The van der Waals surface area contributed by atoms with Crippen LogP contribution in [0.15, 0.2) is 0 Å². The van der Waals surface area contributed by atoms with Crippen molar-refractivity contribution in [2.24, 2.45) is 17.8 Å². The Kier molecular flexibility index (Phi) is 5.62. The van der Waals surface area contributed by atoms with Crippen molar-refractivity contribution in [2.45, 2.75) is 53.9 Å². The molecular weight excluding hydrogens is 132 g/mol. The van der Waals surface area contributed by atoms with Crippen molar-refractivity contribution in [1.82, 2.24) is 0 Å². The van der Waals surface area contributed by atoms with Crippen LogP contribution in [0.2, 0.25) is 0 Å². The summed E-state index contributed by atoms with van der Waals surface area (Å²) in [6.45, 7) is 11.0. The molecule has 0 radical (unpaired) electrons. The monoisotopic (exact) mass is 156 g/mol. The highest BCUT2D eigenvalue weighted by atomic mass is 14.4. The van der Waals surface area contributed by atoms with E-state index in [0.717, 1.165) is 17.8 Å². The molecule has 1 rings (SSSR count). The molecule has 0 bridgehead atoms. The van der Waals surface area contributed by atoms with Crippen molar-refractivity contribution < 1.29 is 0 Å². The van der Waals surface area contributed by atoms with Gasteiger partial charge in [-0.15, -0.1) is 0 Å². The zero-order valence-corrected chi connectivity index (χ0v) is 8.85. The molecule has 0 spiro atoms. The van der Waals surface area contributed by atoms with Crippen LogP contribution in [0, 0.1) is 17.8 Å². The zero-order valence-electron chi connectivity index (χ0n) is 8.85. The summed E-state index contributed by atoms with van der Waals surface area (Å²) in [5, 5.41) is 0. The fourth-order valence-electron chi connectivity index (χ4n) is 2.08. The Balaban J connectivity index is 0.000000461. The van der Waals surface area contributed by atoms with Crippen LogP contribution in [0.1, 0.15) is 53.9 Å². The lowest BCUT2D eigenvalue weighted by Crippen LogP contribution is -2.33. The maximum atomic E-state index is 2.41. The summed E-state index contributed by atoms with van der Waals surface area (Å²) in [5.74, 6) is 3.16. The molecule has 1 fully saturated rings. The summed E-state index contributed by atoms with van der Waals surface area (Å²) < 4.78 is 0. The molecule has 0 aromatic carbocycles. The molecule has 0 heteroatoms. The molecule has 1 aliphatic rings. The van der Waals surface area contributed by atoms with Crippen LogP contribution in [0.5, 0.6) is 0 Å². The molecule has 0 amide bonds. The average Bonchev–Trinajstić information content (AvgIpc) is 2.07. The first kappa shape index (κ1) is 11.0. The number of hydrogen-bond donors (Lipinski definition) is 0. The van der Waals surface area contributed by atoms with Crippen LogP contribution in [0.4, 0.5) is 0 Å². The van der Waals surface area contributed by atoms with E-state index in [4.69, 9.17) is 0 Å². The largest absolute Gasteiger partial charge is 0.0683 e. The maximum absolute atomic E-state index is 2.41. The predicted octanol–water partition coefficient (Wildman–Crippen LogP) is 4.10. The highest BCUT2D eigenvalue weighted by Crippen LogP contribution is 2.43. The van der Waals surface area contributed by atoms with Gasteiger partial charge in [-0.1, -0.05) is 47.5 Å². The van der Waals surface area contributed by atoms with Crippen LogP contribution >= 0.6 is 0 Å². The molecule has 0 nitrogen and oxygen atoms in total. The van der Waals surface area contributed by atoms with Gasteiger partial charge in [0.25, 0.3) is 0 Å². The van der Waals surface area contributed by atoms with Crippen LogP contribution in [-0.4, -0.2) is 0 Å². The van der Waals surface area contributed by atoms with E-state index in [0.29, 0.717) is 0 Å². The van der Waals surface area contributed by atoms with E-state index < -0.39 is 0 Å². The second-order valence-corrected chi connectivity index (χ2v) is 3.43. The van der Waals surface area contributed by atoms with E-state index in [1.165, 1.54) is 19.3 Å². The van der Waals surface area contributed by atoms with Gasteiger partial charge in [-0.2, -0.15) is 0 Å². The van der Waals surface area contributed by atoms with Gasteiger partial charge >= 0.3 is 0 Å². The van der Waals surface area contributed by atoms with Crippen molar-refractivity contribution in [3.05, 3.63) is 0 Å². The Bertz CT molecular complexity index is 76.0. The molecule has 11 heavy (non-hydrogen) atoms. The van der Waals surface area contributed by atoms with Crippen molar-refractivity contribution in [2.75, 3.05) is 0 Å². The normalized spacial score (nSPS) is 35.2. The van der Waals surface area contributed by atoms with Crippen LogP contribution in [0.25, 0.3) is 0 Å². The topological polar surface area (TPSA) is 0 Å². The molecule has 68 valence electrons. The van der Waals surface area contributed by atoms with Gasteiger partial charge in [0.1, 0.15) is 0 Å². The van der Waals surface area contributed by atoms with Crippen molar-refractivity contribution >= 4 is 0 Å². The molecule has 0 aromatic rings. The van der Waals surface area contributed by atoms with Gasteiger partial charge in [-0.3, -0.25) is 0 Å². The second-order valence-electron chi connectivity index (χ2n) is 3.43. The first-order valence-corrected chi connectivity index (χ1v) is 5.29. The summed E-state index contributed by atoms with van der Waals surface area (Å²) in [4.78, 5) is 0. The van der Waals surface area contributed by atoms with Gasteiger partial charge in [0.2, 0.25) is 0 Å². The van der Waals surface area contributed by atoms with Crippen molar-refractivity contribution in [3.63, 3.8) is 0 Å². The van der Waals surface area contributed by atoms with Crippen LogP contribution in [0.3, 0.4) is 0 Å². The Morgan fingerprint density at radius 2 is 1.36 bits per heavy atom. The van der Waals surface area contributed by atoms with E-state index in [1.54, 1.807) is 0 Å². The molecule has 0 N–H and O–H groups in total. The minimum absolute atomic E-state index is 1.03. The smallest absolute Gasteiger partial charge is 0.0386 e. The lowest BCUT2D eigenvalue weighted by atomic mass is 9.64. The third-order valence-corrected chi connectivity index (χ3v) is 3.14. The quantitative estimate of drug-likeness (QED) is 0.564. The van der Waals surface area contributed by atoms with Gasteiger partial charge in [0.15, 0.2) is 0 Å². The molecule has 0 aliphatic heterocycles. The van der Waals surface area contributed by atoms with E-state index in [-0.39, 0.29) is 0 Å². The first-order valence-electron chi connectivity index (χ1n) is 5.29. The first-order chi connectivity index (χ1) is 5.29. The molecular formula is C11H24. The Morgan fingerprint density at radius 3 is 1.55 bits per heavy atom. The summed E-state index contributed by atoms with van der Waals surface area (Å²) in [6, 6.07) is 0. The highest BCUT2D eigenvalue weighted by molar-refractivity contribution is 4.84. The molecule has 0 aromatic heterocycles. The SMILES string of the molecule is CC.CCC1CC(CC)C1C. The van der Waals surface area contributed by atoms with Crippen molar-refractivity contribution in [3.8, 4) is 0 Å². The fraction of sp³-hybridized carbons (Fsp3) is 1.00. The van der Waals surface area contributed by atoms with E-state index in [1.807, 2.05) is 13.8 Å². The third kappa shape index (κ3) is 2.50. The van der Waals surface area contributed by atoms with Crippen molar-refractivity contribution in [1.29, 1.82) is 0 Å². The number of hydrogen-bond acceptors (Lipinski definition) is 0. The minimum Gasteiger partial charge on any atom is -0.0683 e. The highest BCUT2D eigenvalue weighted by Gasteiger charge is 2.34. The average molecular weight is 156 g/mol. The second kappa shape index (κ2) is 5.62. The summed E-state index contributed by atoms with van der Waals surface area (Å²) >= 11 is 0. The molecule has 2 atom stereocenters. The van der Waals surface area contributed by atoms with E-state index >= 15 is 0 Å². The molecule has 0 heterocycles. The van der Waals surface area contributed by atoms with Crippen LogP contribution < -0.4 is 0 Å². The summed E-state index contributed by atoms with van der Waals surface area (Å²) in [6.07, 6.45) is 4.31. The van der Waals surface area contributed by atoms with Gasteiger partial charge < -0.3 is 0 Å². The van der Waals surface area contributed by atoms with Gasteiger partial charge in [0.05, 0.1) is 0 Å². The minimum atomic E-state index is 1.03. The summed E-state index contributed by atoms with van der Waals surface area (Å²) in [5.41, 5.74) is 0. The Labute approximate surface area is 72.4 Å². The Hall–Kier alpha value is 0. The molecule has 2 unspecified atom stereocenters. The van der Waals surface area contributed by atoms with Crippen LogP contribution in [-0.2, 0) is 0 Å². The standard InChI is InChI=1S/C9H18.C2H6/c1-4-8-6-9(5-2)7(8)3;1-2/h7-9H,4-6H2,1-3H3;1-2H3. The molecule has 1 aliphatic carbocycles. The third-order valence-electron chi connectivity index (χ3n) is 3.14. The lowest BCUT2D eigenvalue weighted by Gasteiger charge is -2.42.